The summed E-state index contributed by atoms with van der Waals surface area (Å²) in [4.78, 5) is 15.1. The lowest BCUT2D eigenvalue weighted by Gasteiger charge is -2.16. The SMILES string of the molecule is COc1cccc(C(Nc2ccc(CN(C)C)cc2)=C2C(=O)Nc3ccccc32)c1. The Morgan fingerprint density at radius 2 is 1.77 bits per heavy atom. The largest absolute Gasteiger partial charge is 0.497 e. The number of nitrogens with one attached hydrogen (secondary N) is 2. The van der Waals surface area contributed by atoms with Gasteiger partial charge in [0.05, 0.1) is 18.4 Å². The topological polar surface area (TPSA) is 53.6 Å². The Hall–Kier alpha value is -3.57. The van der Waals surface area contributed by atoms with Gasteiger partial charge in [0.2, 0.25) is 0 Å². The van der Waals surface area contributed by atoms with E-state index >= 15 is 0 Å². The first kappa shape index (κ1) is 19.7. The highest BCUT2D eigenvalue weighted by molar-refractivity contribution is 6.37. The van der Waals surface area contributed by atoms with Gasteiger partial charge in [0, 0.05) is 29.0 Å². The van der Waals surface area contributed by atoms with Crippen LogP contribution in [0.3, 0.4) is 0 Å². The molecule has 1 aliphatic rings. The first-order chi connectivity index (χ1) is 14.5. The van der Waals surface area contributed by atoms with Crippen molar-refractivity contribution in [2.24, 2.45) is 0 Å². The summed E-state index contributed by atoms with van der Waals surface area (Å²) in [5.74, 6) is 0.617. The Balaban J connectivity index is 1.80. The summed E-state index contributed by atoms with van der Waals surface area (Å²) in [5, 5.41) is 6.46. The number of carbonyl (C=O) groups excluding carboxylic acids is 1. The van der Waals surface area contributed by atoms with E-state index in [1.54, 1.807) is 7.11 Å². The van der Waals surface area contributed by atoms with Crippen LogP contribution in [-0.2, 0) is 11.3 Å². The maximum Gasteiger partial charge on any atom is 0.258 e. The Bertz CT molecular complexity index is 1100. The highest BCUT2D eigenvalue weighted by Gasteiger charge is 2.28. The summed E-state index contributed by atoms with van der Waals surface area (Å²) >= 11 is 0. The minimum absolute atomic E-state index is 0.120. The summed E-state index contributed by atoms with van der Waals surface area (Å²) in [7, 11) is 5.74. The molecule has 1 amide bonds. The maximum absolute atomic E-state index is 12.9. The van der Waals surface area contributed by atoms with Crippen LogP contribution in [-0.4, -0.2) is 32.0 Å². The van der Waals surface area contributed by atoms with Crippen molar-refractivity contribution in [3.63, 3.8) is 0 Å². The summed E-state index contributed by atoms with van der Waals surface area (Å²) < 4.78 is 5.41. The van der Waals surface area contributed by atoms with E-state index < -0.39 is 0 Å². The predicted octanol–water partition coefficient (Wildman–Crippen LogP) is 4.69. The van der Waals surface area contributed by atoms with Gasteiger partial charge in [0.1, 0.15) is 5.75 Å². The molecule has 152 valence electrons. The fourth-order valence-electron chi connectivity index (χ4n) is 3.63. The van der Waals surface area contributed by atoms with Crippen LogP contribution in [0.4, 0.5) is 11.4 Å². The molecule has 5 nitrogen and oxygen atoms in total. The standard InChI is InChI=1S/C25H25N3O2/c1-28(2)16-17-11-13-19(14-12-17)26-24(18-7-6-8-20(15-18)30-3)23-21-9-4-5-10-22(21)27-25(23)29/h4-15,26H,16H2,1-3H3,(H,27,29). The van der Waals surface area contributed by atoms with E-state index in [2.05, 4.69) is 27.7 Å². The Kier molecular flexibility index (Phi) is 5.55. The van der Waals surface area contributed by atoms with E-state index in [4.69, 9.17) is 4.74 Å². The molecule has 3 aromatic rings. The molecule has 0 fully saturated rings. The van der Waals surface area contributed by atoms with E-state index in [1.807, 2.05) is 74.8 Å². The van der Waals surface area contributed by atoms with Crippen LogP contribution in [0, 0.1) is 0 Å². The lowest BCUT2D eigenvalue weighted by atomic mass is 10.00. The number of para-hydroxylation sites is 1. The van der Waals surface area contributed by atoms with Gasteiger partial charge in [-0.15, -0.1) is 0 Å². The molecule has 0 saturated heterocycles. The molecule has 4 rings (SSSR count). The van der Waals surface area contributed by atoms with Crippen molar-refractivity contribution in [2.45, 2.75) is 6.54 Å². The maximum atomic E-state index is 12.9. The first-order valence-electron chi connectivity index (χ1n) is 9.85. The molecule has 30 heavy (non-hydrogen) atoms. The molecule has 0 aliphatic carbocycles. The van der Waals surface area contributed by atoms with Crippen molar-refractivity contribution < 1.29 is 9.53 Å². The smallest absolute Gasteiger partial charge is 0.258 e. The second kappa shape index (κ2) is 8.43. The number of ether oxygens (including phenoxy) is 1. The lowest BCUT2D eigenvalue weighted by molar-refractivity contribution is -0.110. The molecule has 1 aliphatic heterocycles. The molecular weight excluding hydrogens is 374 g/mol. The van der Waals surface area contributed by atoms with Crippen molar-refractivity contribution in [3.05, 3.63) is 89.5 Å². The Morgan fingerprint density at radius 3 is 2.50 bits per heavy atom. The summed E-state index contributed by atoms with van der Waals surface area (Å²) in [6.45, 7) is 0.875. The van der Waals surface area contributed by atoms with Gasteiger partial charge in [-0.05, 0) is 50.0 Å². The molecular formula is C25H25N3O2. The summed E-state index contributed by atoms with van der Waals surface area (Å²) in [6.07, 6.45) is 0. The minimum Gasteiger partial charge on any atom is -0.497 e. The molecule has 1 heterocycles. The van der Waals surface area contributed by atoms with Gasteiger partial charge in [-0.1, -0.05) is 42.5 Å². The van der Waals surface area contributed by atoms with Crippen molar-refractivity contribution in [1.29, 1.82) is 0 Å². The lowest BCUT2D eigenvalue weighted by Crippen LogP contribution is -2.11. The van der Waals surface area contributed by atoms with Gasteiger partial charge >= 0.3 is 0 Å². The zero-order valence-corrected chi connectivity index (χ0v) is 17.4. The second-order valence-electron chi connectivity index (χ2n) is 7.54. The fraction of sp³-hybridized carbons (Fsp3) is 0.160. The molecule has 0 spiro atoms. The highest BCUT2D eigenvalue weighted by Crippen LogP contribution is 2.37. The van der Waals surface area contributed by atoms with Crippen molar-refractivity contribution in [3.8, 4) is 5.75 Å². The third kappa shape index (κ3) is 4.07. The Labute approximate surface area is 177 Å². The van der Waals surface area contributed by atoms with Gasteiger partial charge < -0.3 is 20.3 Å². The molecule has 0 unspecified atom stereocenters. The van der Waals surface area contributed by atoms with Crippen LogP contribution in [0.5, 0.6) is 5.75 Å². The average Bonchev–Trinajstić information content (AvgIpc) is 3.08. The van der Waals surface area contributed by atoms with E-state index in [9.17, 15) is 4.79 Å². The van der Waals surface area contributed by atoms with Crippen LogP contribution >= 0.6 is 0 Å². The van der Waals surface area contributed by atoms with Crippen molar-refractivity contribution in [1.82, 2.24) is 4.90 Å². The van der Waals surface area contributed by atoms with Crippen molar-refractivity contribution >= 4 is 28.6 Å². The number of methoxy groups -OCH3 is 1. The molecule has 2 N–H and O–H groups in total. The first-order valence-corrected chi connectivity index (χ1v) is 9.85. The van der Waals surface area contributed by atoms with Gasteiger partial charge in [-0.2, -0.15) is 0 Å². The van der Waals surface area contributed by atoms with Gasteiger partial charge in [-0.3, -0.25) is 4.79 Å². The third-order valence-electron chi connectivity index (χ3n) is 5.00. The molecule has 0 saturated carbocycles. The quantitative estimate of drug-likeness (QED) is 0.591. The normalized spacial score (nSPS) is 14.3. The second-order valence-corrected chi connectivity index (χ2v) is 7.54. The van der Waals surface area contributed by atoms with E-state index in [0.29, 0.717) is 5.57 Å². The molecule has 3 aromatic carbocycles. The monoisotopic (exact) mass is 399 g/mol. The number of anilines is 2. The summed E-state index contributed by atoms with van der Waals surface area (Å²) in [5.41, 5.74) is 6.10. The molecule has 0 radical (unpaired) electrons. The average molecular weight is 399 g/mol. The molecule has 5 heteroatoms. The minimum atomic E-state index is -0.120. The number of amides is 1. The zero-order chi connectivity index (χ0) is 21.1. The molecule has 0 bridgehead atoms. The molecule has 0 aromatic heterocycles. The van der Waals surface area contributed by atoms with Crippen LogP contribution in [0.2, 0.25) is 0 Å². The van der Waals surface area contributed by atoms with E-state index in [-0.39, 0.29) is 5.91 Å². The number of benzene rings is 3. The number of fused-ring (bicyclic) bond motifs is 1. The number of carbonyl (C=O) groups is 1. The summed E-state index contributed by atoms with van der Waals surface area (Å²) in [6, 6.07) is 23.7. The number of rotatable bonds is 6. The van der Waals surface area contributed by atoms with Crippen LogP contribution in [0.25, 0.3) is 11.3 Å². The number of nitrogens with zero attached hydrogens (tertiary/aromatic N) is 1. The van der Waals surface area contributed by atoms with Gasteiger partial charge in [0.25, 0.3) is 5.91 Å². The van der Waals surface area contributed by atoms with Crippen LogP contribution < -0.4 is 15.4 Å². The fourth-order valence-corrected chi connectivity index (χ4v) is 3.63. The van der Waals surface area contributed by atoms with E-state index in [1.165, 1.54) is 5.56 Å². The zero-order valence-electron chi connectivity index (χ0n) is 17.4. The third-order valence-corrected chi connectivity index (χ3v) is 5.00. The van der Waals surface area contributed by atoms with Crippen molar-refractivity contribution in [2.75, 3.05) is 31.8 Å². The van der Waals surface area contributed by atoms with Crippen LogP contribution in [0.15, 0.2) is 72.8 Å². The van der Waals surface area contributed by atoms with E-state index in [0.717, 1.165) is 40.5 Å². The van der Waals surface area contributed by atoms with Gasteiger partial charge in [-0.25, -0.2) is 0 Å². The number of hydrogen-bond donors (Lipinski definition) is 2. The highest BCUT2D eigenvalue weighted by atomic mass is 16.5. The van der Waals surface area contributed by atoms with Crippen LogP contribution in [0.1, 0.15) is 16.7 Å². The van der Waals surface area contributed by atoms with Gasteiger partial charge in [0.15, 0.2) is 0 Å². The predicted molar refractivity (Wildman–Crippen MR) is 122 cm³/mol. The number of hydrogen-bond acceptors (Lipinski definition) is 4. The molecule has 0 atom stereocenters. The Morgan fingerprint density at radius 1 is 1.00 bits per heavy atom.